The SMILES string of the molecule is CCOC(=O)C1=C2C=CC=CN2C(=C=O)C1. The van der Waals surface area contributed by atoms with E-state index < -0.39 is 0 Å². The van der Waals surface area contributed by atoms with Crippen LogP contribution in [0.1, 0.15) is 13.3 Å². The van der Waals surface area contributed by atoms with Crippen molar-refractivity contribution in [3.05, 3.63) is 41.4 Å². The Bertz CT molecular complexity index is 465. The van der Waals surface area contributed by atoms with E-state index in [4.69, 9.17) is 4.74 Å². The van der Waals surface area contributed by atoms with Gasteiger partial charge >= 0.3 is 5.97 Å². The molecule has 0 spiro atoms. The summed E-state index contributed by atoms with van der Waals surface area (Å²) in [6, 6.07) is 0. The normalized spacial score (nSPS) is 17.6. The van der Waals surface area contributed by atoms with Gasteiger partial charge in [-0.3, -0.25) is 0 Å². The van der Waals surface area contributed by atoms with Gasteiger partial charge in [0.2, 0.25) is 0 Å². The zero-order valence-electron chi connectivity index (χ0n) is 8.90. The van der Waals surface area contributed by atoms with Gasteiger partial charge in [0.1, 0.15) is 11.6 Å². The van der Waals surface area contributed by atoms with Crippen LogP contribution in [0.4, 0.5) is 0 Å². The van der Waals surface area contributed by atoms with Crippen molar-refractivity contribution < 1.29 is 14.3 Å². The topological polar surface area (TPSA) is 46.6 Å². The Balaban J connectivity index is 2.38. The number of allylic oxidation sites excluding steroid dienone is 4. The van der Waals surface area contributed by atoms with Crippen LogP contribution in [0.5, 0.6) is 0 Å². The molecule has 2 aliphatic rings. The summed E-state index contributed by atoms with van der Waals surface area (Å²) in [5, 5.41) is 0. The van der Waals surface area contributed by atoms with Crippen LogP contribution in [0.3, 0.4) is 0 Å². The molecule has 4 nitrogen and oxygen atoms in total. The molecule has 16 heavy (non-hydrogen) atoms. The van der Waals surface area contributed by atoms with Crippen LogP contribution in [0.25, 0.3) is 0 Å². The molecule has 0 aliphatic carbocycles. The van der Waals surface area contributed by atoms with E-state index in [1.807, 2.05) is 12.0 Å². The van der Waals surface area contributed by atoms with Gasteiger partial charge in [0.15, 0.2) is 0 Å². The average molecular weight is 217 g/mol. The smallest absolute Gasteiger partial charge is 0.336 e. The summed E-state index contributed by atoms with van der Waals surface area (Å²) in [6.07, 6.45) is 7.43. The van der Waals surface area contributed by atoms with Crippen LogP contribution in [-0.4, -0.2) is 23.4 Å². The maximum absolute atomic E-state index is 11.7. The van der Waals surface area contributed by atoms with E-state index in [-0.39, 0.29) is 12.4 Å². The Labute approximate surface area is 93.2 Å². The minimum absolute atomic E-state index is 0.284. The summed E-state index contributed by atoms with van der Waals surface area (Å²) in [7, 11) is 0. The lowest BCUT2D eigenvalue weighted by Gasteiger charge is -2.17. The van der Waals surface area contributed by atoms with Crippen LogP contribution in [0, 0.1) is 0 Å². The number of esters is 1. The fourth-order valence-corrected chi connectivity index (χ4v) is 1.75. The van der Waals surface area contributed by atoms with E-state index in [0.717, 1.165) is 0 Å². The summed E-state index contributed by atoms with van der Waals surface area (Å²) >= 11 is 0. The molecule has 4 heteroatoms. The van der Waals surface area contributed by atoms with Gasteiger partial charge in [0.05, 0.1) is 17.9 Å². The van der Waals surface area contributed by atoms with Crippen molar-refractivity contribution in [3.63, 3.8) is 0 Å². The molecular formula is C12H11NO3. The number of hydrogen-bond donors (Lipinski definition) is 0. The van der Waals surface area contributed by atoms with E-state index in [2.05, 4.69) is 0 Å². The van der Waals surface area contributed by atoms with Gasteiger partial charge in [-0.15, -0.1) is 0 Å². The average Bonchev–Trinajstić information content (AvgIpc) is 2.68. The van der Waals surface area contributed by atoms with Gasteiger partial charge in [0.25, 0.3) is 0 Å². The first kappa shape index (κ1) is 10.5. The second-order valence-corrected chi connectivity index (χ2v) is 3.38. The minimum atomic E-state index is -0.368. The highest BCUT2D eigenvalue weighted by Crippen LogP contribution is 2.33. The number of nitrogens with zero attached hydrogens (tertiary/aromatic N) is 1. The monoisotopic (exact) mass is 217 g/mol. The molecule has 0 aromatic carbocycles. The van der Waals surface area contributed by atoms with E-state index in [9.17, 15) is 9.59 Å². The standard InChI is InChI=1S/C12H11NO3/c1-2-16-12(15)10-7-9(8-14)13-6-4-3-5-11(10)13/h3-6H,2,7H2,1H3. The van der Waals surface area contributed by atoms with Crippen LogP contribution in [-0.2, 0) is 14.3 Å². The van der Waals surface area contributed by atoms with E-state index in [1.165, 1.54) is 0 Å². The fourth-order valence-electron chi connectivity index (χ4n) is 1.75. The summed E-state index contributed by atoms with van der Waals surface area (Å²) in [5.74, 6) is 1.48. The largest absolute Gasteiger partial charge is 0.463 e. The Morgan fingerprint density at radius 3 is 3.06 bits per heavy atom. The first-order valence-corrected chi connectivity index (χ1v) is 5.06. The van der Waals surface area contributed by atoms with Crippen molar-refractivity contribution in [2.75, 3.05) is 6.61 Å². The zero-order chi connectivity index (χ0) is 11.5. The van der Waals surface area contributed by atoms with Crippen molar-refractivity contribution in [2.45, 2.75) is 13.3 Å². The van der Waals surface area contributed by atoms with Gasteiger partial charge in [0, 0.05) is 12.6 Å². The van der Waals surface area contributed by atoms with Gasteiger partial charge in [-0.1, -0.05) is 6.08 Å². The molecule has 0 saturated heterocycles. The zero-order valence-corrected chi connectivity index (χ0v) is 8.90. The molecule has 0 saturated carbocycles. The number of hydrogen-bond acceptors (Lipinski definition) is 4. The maximum atomic E-state index is 11.7. The van der Waals surface area contributed by atoms with E-state index in [1.54, 1.807) is 30.2 Å². The second kappa shape index (κ2) is 4.21. The van der Waals surface area contributed by atoms with Crippen molar-refractivity contribution >= 4 is 11.9 Å². The number of fused-ring (bicyclic) bond motifs is 1. The molecule has 2 rings (SSSR count). The summed E-state index contributed by atoms with van der Waals surface area (Å²) < 4.78 is 4.94. The molecule has 0 radical (unpaired) electrons. The molecule has 0 atom stereocenters. The Morgan fingerprint density at radius 2 is 2.38 bits per heavy atom. The van der Waals surface area contributed by atoms with Crippen molar-refractivity contribution in [3.8, 4) is 0 Å². The predicted molar refractivity (Wildman–Crippen MR) is 57.6 cm³/mol. The lowest BCUT2D eigenvalue weighted by atomic mass is 10.1. The maximum Gasteiger partial charge on any atom is 0.336 e. The van der Waals surface area contributed by atoms with Gasteiger partial charge in [-0.05, 0) is 19.1 Å². The molecule has 0 N–H and O–H groups in total. The molecule has 82 valence electrons. The van der Waals surface area contributed by atoms with Crippen LogP contribution in [0.2, 0.25) is 0 Å². The first-order valence-electron chi connectivity index (χ1n) is 5.06. The third kappa shape index (κ3) is 1.59. The highest BCUT2D eigenvalue weighted by Gasteiger charge is 2.30. The highest BCUT2D eigenvalue weighted by atomic mass is 16.5. The van der Waals surface area contributed by atoms with Crippen molar-refractivity contribution in [2.24, 2.45) is 0 Å². The van der Waals surface area contributed by atoms with Crippen molar-refractivity contribution in [1.82, 2.24) is 4.90 Å². The van der Waals surface area contributed by atoms with Gasteiger partial charge in [-0.25, -0.2) is 9.59 Å². The summed E-state index contributed by atoms with van der Waals surface area (Å²) in [4.78, 5) is 24.1. The number of carbonyl (C=O) groups excluding carboxylic acids is 2. The highest BCUT2D eigenvalue weighted by molar-refractivity contribution is 5.92. The van der Waals surface area contributed by atoms with Gasteiger partial charge < -0.3 is 9.64 Å². The molecule has 0 fully saturated rings. The Morgan fingerprint density at radius 1 is 1.56 bits per heavy atom. The number of carbonyl (C=O) groups is 1. The first-order chi connectivity index (χ1) is 7.77. The molecule has 0 aromatic rings. The van der Waals surface area contributed by atoms with Gasteiger partial charge in [-0.2, -0.15) is 0 Å². The molecular weight excluding hydrogens is 206 g/mol. The quantitative estimate of drug-likeness (QED) is 0.517. The Hall–Kier alpha value is -2.06. The molecule has 0 amide bonds. The minimum Gasteiger partial charge on any atom is -0.463 e. The molecule has 0 aromatic heterocycles. The van der Waals surface area contributed by atoms with E-state index >= 15 is 0 Å². The molecule has 2 heterocycles. The third-order valence-corrected chi connectivity index (χ3v) is 2.44. The van der Waals surface area contributed by atoms with E-state index in [0.29, 0.717) is 23.6 Å². The molecule has 2 aliphatic heterocycles. The second-order valence-electron chi connectivity index (χ2n) is 3.38. The molecule has 0 bridgehead atoms. The third-order valence-electron chi connectivity index (χ3n) is 2.44. The van der Waals surface area contributed by atoms with Crippen molar-refractivity contribution in [1.29, 1.82) is 0 Å². The summed E-state index contributed by atoms with van der Waals surface area (Å²) in [6.45, 7) is 2.08. The number of rotatable bonds is 2. The molecule has 0 unspecified atom stereocenters. The van der Waals surface area contributed by atoms with Crippen LogP contribution >= 0.6 is 0 Å². The lowest BCUT2D eigenvalue weighted by molar-refractivity contribution is -0.138. The Kier molecular flexibility index (Phi) is 2.75. The van der Waals surface area contributed by atoms with Crippen LogP contribution in [0.15, 0.2) is 41.4 Å². The predicted octanol–water partition coefficient (Wildman–Crippen LogP) is 1.31. The lowest BCUT2D eigenvalue weighted by Crippen LogP contribution is -2.12. The van der Waals surface area contributed by atoms with Crippen LogP contribution < -0.4 is 0 Å². The number of ether oxygens (including phenoxy) is 1. The summed E-state index contributed by atoms with van der Waals surface area (Å²) in [5.41, 5.74) is 1.67. The fraction of sp³-hybridized carbons (Fsp3) is 0.250.